The van der Waals surface area contributed by atoms with Gasteiger partial charge in [-0.25, -0.2) is 0 Å². The highest BCUT2D eigenvalue weighted by Gasteiger charge is 2.16. The van der Waals surface area contributed by atoms with E-state index in [1.165, 1.54) is 5.56 Å². The van der Waals surface area contributed by atoms with Gasteiger partial charge in [-0.2, -0.15) is 0 Å². The number of methoxy groups -OCH3 is 1. The van der Waals surface area contributed by atoms with Gasteiger partial charge < -0.3 is 10.1 Å². The maximum absolute atomic E-state index is 6.23. The smallest absolute Gasteiger partial charge is 0.122 e. The average Bonchev–Trinajstić information content (AvgIpc) is 2.48. The van der Waals surface area contributed by atoms with Crippen LogP contribution in [-0.2, 0) is 6.42 Å². The molecule has 0 heterocycles. The van der Waals surface area contributed by atoms with E-state index in [1.807, 2.05) is 44.3 Å². The molecule has 0 aliphatic carbocycles. The fraction of sp³-hybridized carbons (Fsp3) is 0.294. The monoisotopic (exact) mass is 323 g/mol. The summed E-state index contributed by atoms with van der Waals surface area (Å²) in [6.45, 7) is 2.04. The number of rotatable bonds is 5. The Hall–Kier alpha value is -1.22. The van der Waals surface area contributed by atoms with Crippen molar-refractivity contribution in [2.24, 2.45) is 0 Å². The highest BCUT2D eigenvalue weighted by Crippen LogP contribution is 2.30. The van der Waals surface area contributed by atoms with Gasteiger partial charge in [-0.15, -0.1) is 0 Å². The van der Waals surface area contributed by atoms with Crippen molar-refractivity contribution in [1.82, 2.24) is 5.32 Å². The van der Waals surface area contributed by atoms with Gasteiger partial charge >= 0.3 is 0 Å². The molecular formula is C17H19Cl2NO. The van der Waals surface area contributed by atoms with Gasteiger partial charge in [0, 0.05) is 16.1 Å². The standard InChI is InChI=1S/C17H19Cl2NO/c1-11-14(5-4-6-15(11)19)16(20-2)10-12-9-13(18)7-8-17(12)21-3/h4-9,16,20H,10H2,1-3H3. The Bertz CT molecular complexity index is 628. The predicted octanol–water partition coefficient (Wildman–Crippen LogP) is 4.81. The number of ether oxygens (including phenoxy) is 1. The van der Waals surface area contributed by atoms with E-state index in [0.717, 1.165) is 28.3 Å². The van der Waals surface area contributed by atoms with Crippen LogP contribution in [0.1, 0.15) is 22.7 Å². The van der Waals surface area contributed by atoms with Gasteiger partial charge in [-0.05, 0) is 61.3 Å². The summed E-state index contributed by atoms with van der Waals surface area (Å²) in [5, 5.41) is 4.84. The van der Waals surface area contributed by atoms with Crippen LogP contribution in [0.25, 0.3) is 0 Å². The Morgan fingerprint density at radius 3 is 2.62 bits per heavy atom. The molecule has 1 N–H and O–H groups in total. The Morgan fingerprint density at radius 1 is 1.19 bits per heavy atom. The third-order valence-electron chi connectivity index (χ3n) is 3.70. The number of benzene rings is 2. The Kier molecular flexibility index (Phi) is 5.51. The maximum atomic E-state index is 6.23. The van der Waals surface area contributed by atoms with E-state index in [2.05, 4.69) is 11.4 Å². The molecule has 0 aliphatic heterocycles. The number of hydrogen-bond donors (Lipinski definition) is 1. The van der Waals surface area contributed by atoms with Crippen LogP contribution in [0.5, 0.6) is 5.75 Å². The third kappa shape index (κ3) is 3.70. The summed E-state index contributed by atoms with van der Waals surface area (Å²) in [5.74, 6) is 0.847. The zero-order valence-corrected chi connectivity index (χ0v) is 13.9. The summed E-state index contributed by atoms with van der Waals surface area (Å²) in [7, 11) is 3.62. The SMILES string of the molecule is CNC(Cc1cc(Cl)ccc1OC)c1cccc(Cl)c1C. The van der Waals surface area contributed by atoms with Crippen molar-refractivity contribution in [3.8, 4) is 5.75 Å². The lowest BCUT2D eigenvalue weighted by molar-refractivity contribution is 0.406. The zero-order valence-electron chi connectivity index (χ0n) is 12.4. The van der Waals surface area contributed by atoms with Crippen LogP contribution in [0.15, 0.2) is 36.4 Å². The lowest BCUT2D eigenvalue weighted by Gasteiger charge is -2.21. The van der Waals surface area contributed by atoms with Crippen molar-refractivity contribution in [3.05, 3.63) is 63.1 Å². The molecule has 1 unspecified atom stereocenters. The van der Waals surface area contributed by atoms with E-state index in [9.17, 15) is 0 Å². The van der Waals surface area contributed by atoms with Crippen LogP contribution in [0, 0.1) is 6.92 Å². The van der Waals surface area contributed by atoms with Crippen LogP contribution in [0.2, 0.25) is 10.0 Å². The molecular weight excluding hydrogens is 305 g/mol. The largest absolute Gasteiger partial charge is 0.496 e. The number of halogens is 2. The van der Waals surface area contributed by atoms with Gasteiger partial charge in [0.05, 0.1) is 7.11 Å². The van der Waals surface area contributed by atoms with E-state index < -0.39 is 0 Å². The molecule has 0 radical (unpaired) electrons. The number of hydrogen-bond acceptors (Lipinski definition) is 2. The molecule has 2 rings (SSSR count). The van der Waals surface area contributed by atoms with Crippen molar-refractivity contribution in [1.29, 1.82) is 0 Å². The molecule has 2 aromatic carbocycles. The minimum absolute atomic E-state index is 0.149. The van der Waals surface area contributed by atoms with Crippen molar-refractivity contribution in [3.63, 3.8) is 0 Å². The minimum atomic E-state index is 0.149. The highest BCUT2D eigenvalue weighted by molar-refractivity contribution is 6.31. The Labute approximate surface area is 136 Å². The Morgan fingerprint density at radius 2 is 1.95 bits per heavy atom. The summed E-state index contributed by atoms with van der Waals surface area (Å²) in [4.78, 5) is 0. The van der Waals surface area contributed by atoms with Crippen molar-refractivity contribution in [2.45, 2.75) is 19.4 Å². The molecule has 1 atom stereocenters. The molecule has 2 nitrogen and oxygen atoms in total. The fourth-order valence-electron chi connectivity index (χ4n) is 2.50. The zero-order chi connectivity index (χ0) is 15.4. The first kappa shape index (κ1) is 16.2. The second-order valence-electron chi connectivity index (χ2n) is 4.96. The molecule has 2 aromatic rings. The summed E-state index contributed by atoms with van der Waals surface area (Å²) in [5.41, 5.74) is 3.36. The number of likely N-dealkylation sites (N-methyl/N-ethyl adjacent to an activating group) is 1. The molecule has 0 aromatic heterocycles. The van der Waals surface area contributed by atoms with Crippen LogP contribution >= 0.6 is 23.2 Å². The summed E-state index contributed by atoms with van der Waals surface area (Å²) < 4.78 is 5.42. The van der Waals surface area contributed by atoms with Gasteiger partial charge in [-0.3, -0.25) is 0 Å². The quantitative estimate of drug-likeness (QED) is 0.852. The topological polar surface area (TPSA) is 21.3 Å². The summed E-state index contributed by atoms with van der Waals surface area (Å²) in [6.07, 6.45) is 0.779. The molecule has 112 valence electrons. The van der Waals surface area contributed by atoms with E-state index in [4.69, 9.17) is 27.9 Å². The van der Waals surface area contributed by atoms with Gasteiger partial charge in [0.25, 0.3) is 0 Å². The molecule has 0 saturated heterocycles. The maximum Gasteiger partial charge on any atom is 0.122 e. The molecule has 0 amide bonds. The molecule has 0 spiro atoms. The van der Waals surface area contributed by atoms with Crippen molar-refractivity contribution < 1.29 is 4.74 Å². The van der Waals surface area contributed by atoms with Crippen molar-refractivity contribution in [2.75, 3.05) is 14.2 Å². The van der Waals surface area contributed by atoms with E-state index in [-0.39, 0.29) is 6.04 Å². The average molecular weight is 324 g/mol. The summed E-state index contributed by atoms with van der Waals surface area (Å²) >= 11 is 12.3. The molecule has 0 aliphatic rings. The summed E-state index contributed by atoms with van der Waals surface area (Å²) in [6, 6.07) is 11.8. The first-order valence-electron chi connectivity index (χ1n) is 6.81. The Balaban J connectivity index is 2.35. The lowest BCUT2D eigenvalue weighted by atomic mass is 9.95. The van der Waals surface area contributed by atoms with Crippen LogP contribution in [0.3, 0.4) is 0 Å². The van der Waals surface area contributed by atoms with Crippen LogP contribution < -0.4 is 10.1 Å². The fourth-order valence-corrected chi connectivity index (χ4v) is 2.87. The highest BCUT2D eigenvalue weighted by atomic mass is 35.5. The van der Waals surface area contributed by atoms with Crippen LogP contribution in [-0.4, -0.2) is 14.2 Å². The van der Waals surface area contributed by atoms with Crippen molar-refractivity contribution >= 4 is 23.2 Å². The van der Waals surface area contributed by atoms with Gasteiger partial charge in [0.15, 0.2) is 0 Å². The normalized spacial score (nSPS) is 12.2. The predicted molar refractivity (Wildman–Crippen MR) is 89.7 cm³/mol. The van der Waals surface area contributed by atoms with E-state index >= 15 is 0 Å². The first-order valence-corrected chi connectivity index (χ1v) is 7.57. The van der Waals surface area contributed by atoms with Gasteiger partial charge in [0.1, 0.15) is 5.75 Å². The second kappa shape index (κ2) is 7.17. The lowest BCUT2D eigenvalue weighted by Crippen LogP contribution is -2.20. The third-order valence-corrected chi connectivity index (χ3v) is 4.34. The minimum Gasteiger partial charge on any atom is -0.496 e. The molecule has 0 fully saturated rings. The van der Waals surface area contributed by atoms with Gasteiger partial charge in [0.2, 0.25) is 0 Å². The molecule has 0 bridgehead atoms. The second-order valence-corrected chi connectivity index (χ2v) is 5.80. The molecule has 21 heavy (non-hydrogen) atoms. The first-order chi connectivity index (χ1) is 10.1. The van der Waals surface area contributed by atoms with Crippen LogP contribution in [0.4, 0.5) is 0 Å². The molecule has 4 heteroatoms. The molecule has 0 saturated carbocycles. The van der Waals surface area contributed by atoms with E-state index in [0.29, 0.717) is 5.02 Å². The van der Waals surface area contributed by atoms with Gasteiger partial charge in [-0.1, -0.05) is 35.3 Å². The van der Waals surface area contributed by atoms with E-state index in [1.54, 1.807) is 7.11 Å². The number of nitrogens with one attached hydrogen (secondary N) is 1.